The van der Waals surface area contributed by atoms with Crippen molar-refractivity contribution in [3.8, 4) is 17.2 Å². The molecule has 0 aromatic heterocycles. The van der Waals surface area contributed by atoms with E-state index in [1.54, 1.807) is 24.3 Å². The zero-order valence-corrected chi connectivity index (χ0v) is 9.42. The predicted octanol–water partition coefficient (Wildman–Crippen LogP) is 2.82. The Morgan fingerprint density at radius 3 is 2.94 bits per heavy atom. The van der Waals surface area contributed by atoms with Crippen molar-refractivity contribution in [3.05, 3.63) is 59.5 Å². The number of ether oxygens (including phenoxy) is 1. The van der Waals surface area contributed by atoms with Crippen LogP contribution in [0.15, 0.2) is 58.5 Å². The summed E-state index contributed by atoms with van der Waals surface area (Å²) in [5, 5.41) is 0. The Balaban J connectivity index is 2.29. The fraction of sp³-hybridized carbons (Fsp3) is 0. The fourth-order valence-electron chi connectivity index (χ4n) is 1.75. The Kier molecular flexibility index (Phi) is 2.34. The Morgan fingerprint density at radius 1 is 1.22 bits per heavy atom. The summed E-state index contributed by atoms with van der Waals surface area (Å²) in [4.78, 5) is 15.7. The number of benzene rings is 2. The van der Waals surface area contributed by atoms with Gasteiger partial charge in [-0.2, -0.15) is 0 Å². The van der Waals surface area contributed by atoms with E-state index in [2.05, 4.69) is 11.6 Å². The van der Waals surface area contributed by atoms with Crippen LogP contribution in [-0.4, -0.2) is 4.98 Å². The topological polar surface area (TPSA) is 52.3 Å². The Bertz CT molecular complexity index is 761. The molecule has 0 atom stereocenters. The van der Waals surface area contributed by atoms with Crippen LogP contribution in [-0.2, 0) is 0 Å². The van der Waals surface area contributed by atoms with Crippen LogP contribution >= 0.6 is 0 Å². The molecule has 1 aromatic carbocycles. The number of fused-ring (bicyclic) bond motifs is 2. The first-order chi connectivity index (χ1) is 8.76. The molecule has 0 radical (unpaired) electrons. The second-order valence-corrected chi connectivity index (χ2v) is 3.76. The zero-order chi connectivity index (χ0) is 12.5. The zero-order valence-electron chi connectivity index (χ0n) is 9.42. The molecule has 2 aliphatic rings. The van der Waals surface area contributed by atoms with Crippen LogP contribution in [0, 0.1) is 0 Å². The van der Waals surface area contributed by atoms with Crippen molar-refractivity contribution >= 4 is 11.1 Å². The Hall–Kier alpha value is -2.62. The van der Waals surface area contributed by atoms with E-state index in [1.165, 1.54) is 18.4 Å². The minimum absolute atomic E-state index is 0.106. The van der Waals surface area contributed by atoms with E-state index in [-0.39, 0.29) is 5.43 Å². The highest BCUT2D eigenvalue weighted by atomic mass is 16.5. The van der Waals surface area contributed by atoms with Crippen molar-refractivity contribution in [2.75, 3.05) is 0 Å². The summed E-state index contributed by atoms with van der Waals surface area (Å²) < 4.78 is 10.8. The Morgan fingerprint density at radius 2 is 2.11 bits per heavy atom. The first kappa shape index (κ1) is 10.5. The summed E-state index contributed by atoms with van der Waals surface area (Å²) in [5.41, 5.74) is 1.82. The van der Waals surface area contributed by atoms with E-state index >= 15 is 0 Å². The molecule has 4 nitrogen and oxygen atoms in total. The maximum Gasteiger partial charge on any atom is 0.182 e. The van der Waals surface area contributed by atoms with Gasteiger partial charge < -0.3 is 9.15 Å². The van der Waals surface area contributed by atoms with Crippen molar-refractivity contribution < 1.29 is 9.15 Å². The van der Waals surface area contributed by atoms with Crippen LogP contribution in [0.5, 0.6) is 5.75 Å². The van der Waals surface area contributed by atoms with Gasteiger partial charge in [0.1, 0.15) is 17.0 Å². The number of hydrogen-bond acceptors (Lipinski definition) is 4. The van der Waals surface area contributed by atoms with Crippen LogP contribution in [0.3, 0.4) is 0 Å². The average molecular weight is 239 g/mol. The third-order valence-electron chi connectivity index (χ3n) is 2.54. The van der Waals surface area contributed by atoms with Gasteiger partial charge in [0, 0.05) is 12.1 Å². The molecule has 1 aromatic rings. The molecule has 18 heavy (non-hydrogen) atoms. The second-order valence-electron chi connectivity index (χ2n) is 3.76. The van der Waals surface area contributed by atoms with Crippen LogP contribution in [0.1, 0.15) is 0 Å². The lowest BCUT2D eigenvalue weighted by atomic mass is 10.2. The highest BCUT2D eigenvalue weighted by Gasteiger charge is 2.09. The summed E-state index contributed by atoms with van der Waals surface area (Å²) in [7, 11) is 0. The molecular formula is C14H9NO3. The second kappa shape index (κ2) is 4.00. The first-order valence-corrected chi connectivity index (χ1v) is 5.38. The minimum atomic E-state index is -0.106. The maximum atomic E-state index is 11.3. The van der Waals surface area contributed by atoms with Gasteiger partial charge in [-0.25, -0.2) is 4.98 Å². The van der Waals surface area contributed by atoms with Gasteiger partial charge in [0.05, 0.1) is 6.26 Å². The molecule has 1 aliphatic heterocycles. The van der Waals surface area contributed by atoms with Crippen molar-refractivity contribution in [3.63, 3.8) is 0 Å². The summed E-state index contributed by atoms with van der Waals surface area (Å²) in [6, 6.07) is 9.81. The molecule has 1 aliphatic carbocycles. The molecule has 0 N–H and O–H groups in total. The van der Waals surface area contributed by atoms with E-state index in [4.69, 9.17) is 9.15 Å². The molecule has 0 spiro atoms. The third kappa shape index (κ3) is 1.73. The number of aromatic nitrogens is 1. The largest absolute Gasteiger partial charge is 0.465 e. The molecule has 0 fully saturated rings. The van der Waals surface area contributed by atoms with Gasteiger partial charge in [0.15, 0.2) is 16.8 Å². The highest BCUT2D eigenvalue weighted by molar-refractivity contribution is 5.77. The molecular weight excluding hydrogens is 230 g/mol. The monoisotopic (exact) mass is 239 g/mol. The van der Waals surface area contributed by atoms with Crippen molar-refractivity contribution in [1.82, 2.24) is 4.98 Å². The van der Waals surface area contributed by atoms with Gasteiger partial charge in [0.2, 0.25) is 0 Å². The number of hydrogen-bond donors (Lipinski definition) is 0. The summed E-state index contributed by atoms with van der Waals surface area (Å²) in [5.74, 6) is 1.08. The SMILES string of the molecule is C=COc1ccc2nc3ccc(=O)cc-3oc2c1. The van der Waals surface area contributed by atoms with Gasteiger partial charge in [-0.3, -0.25) is 4.79 Å². The van der Waals surface area contributed by atoms with Gasteiger partial charge >= 0.3 is 0 Å². The highest BCUT2D eigenvalue weighted by Crippen LogP contribution is 2.26. The van der Waals surface area contributed by atoms with Crippen LogP contribution in [0.4, 0.5) is 0 Å². The molecule has 3 rings (SSSR count). The smallest absolute Gasteiger partial charge is 0.182 e. The van der Waals surface area contributed by atoms with Crippen LogP contribution in [0.25, 0.3) is 22.6 Å². The standard InChI is InChI=1S/C14H9NO3/c1-2-17-10-4-6-12-14(8-10)18-13-7-9(16)3-5-11(13)15-12/h2-8H,1H2. The maximum absolute atomic E-state index is 11.3. The van der Waals surface area contributed by atoms with E-state index in [9.17, 15) is 4.79 Å². The van der Waals surface area contributed by atoms with Gasteiger partial charge in [-0.05, 0) is 24.3 Å². The molecule has 0 unspecified atom stereocenters. The summed E-state index contributed by atoms with van der Waals surface area (Å²) >= 11 is 0. The van der Waals surface area contributed by atoms with Crippen molar-refractivity contribution in [2.45, 2.75) is 0 Å². The molecule has 4 heteroatoms. The first-order valence-electron chi connectivity index (χ1n) is 5.38. The van der Waals surface area contributed by atoms with Crippen molar-refractivity contribution in [1.29, 1.82) is 0 Å². The van der Waals surface area contributed by atoms with E-state index in [1.807, 2.05) is 0 Å². The van der Waals surface area contributed by atoms with E-state index < -0.39 is 0 Å². The predicted molar refractivity (Wildman–Crippen MR) is 67.7 cm³/mol. The quantitative estimate of drug-likeness (QED) is 0.509. The molecule has 0 saturated heterocycles. The van der Waals surface area contributed by atoms with Crippen LogP contribution < -0.4 is 10.2 Å². The lowest BCUT2D eigenvalue weighted by Gasteiger charge is -2.06. The normalized spacial score (nSPS) is 10.7. The number of nitrogens with zero attached hydrogens (tertiary/aromatic N) is 1. The molecule has 0 amide bonds. The molecule has 88 valence electrons. The lowest BCUT2D eigenvalue weighted by Crippen LogP contribution is -1.99. The molecule has 1 heterocycles. The lowest BCUT2D eigenvalue weighted by molar-refractivity contribution is 0.482. The van der Waals surface area contributed by atoms with Crippen LogP contribution in [0.2, 0.25) is 0 Å². The minimum Gasteiger partial charge on any atom is -0.465 e. The van der Waals surface area contributed by atoms with E-state index in [0.29, 0.717) is 28.3 Å². The average Bonchev–Trinajstić information content (AvgIpc) is 2.36. The number of rotatable bonds is 2. The van der Waals surface area contributed by atoms with Gasteiger partial charge in [0.25, 0.3) is 0 Å². The summed E-state index contributed by atoms with van der Waals surface area (Å²) in [6.45, 7) is 3.49. The van der Waals surface area contributed by atoms with Gasteiger partial charge in [-0.15, -0.1) is 0 Å². The molecule has 0 saturated carbocycles. The summed E-state index contributed by atoms with van der Waals surface area (Å²) in [6.07, 6.45) is 1.34. The Labute approximate surface area is 102 Å². The van der Waals surface area contributed by atoms with E-state index in [0.717, 1.165) is 0 Å². The van der Waals surface area contributed by atoms with Gasteiger partial charge in [-0.1, -0.05) is 6.58 Å². The van der Waals surface area contributed by atoms with Crippen molar-refractivity contribution in [2.24, 2.45) is 0 Å². The molecule has 0 bridgehead atoms. The third-order valence-corrected chi connectivity index (χ3v) is 2.54. The fourth-order valence-corrected chi connectivity index (χ4v) is 1.75.